The number of hydrogen-bond donors (Lipinski definition) is 2. The molecule has 1 heterocycles. The second-order valence-electron chi connectivity index (χ2n) is 3.16. The van der Waals surface area contributed by atoms with Gasteiger partial charge in [-0.15, -0.1) is 0 Å². The van der Waals surface area contributed by atoms with Gasteiger partial charge in [-0.05, 0) is 12.3 Å². The fraction of sp³-hybridized carbons (Fsp3) is 0.714. The quantitative estimate of drug-likeness (QED) is 0.541. The molecule has 1 amide bonds. The fourth-order valence-electron chi connectivity index (χ4n) is 1.82. The maximum Gasteiger partial charge on any atom is 0.308 e. The highest BCUT2D eigenvalue weighted by atomic mass is 16.4. The molecule has 0 spiro atoms. The molecule has 1 saturated carbocycles. The molecule has 11 heavy (non-hydrogen) atoms. The van der Waals surface area contributed by atoms with Crippen LogP contribution in [-0.4, -0.2) is 23.0 Å². The van der Waals surface area contributed by atoms with Crippen LogP contribution in [0.1, 0.15) is 12.8 Å². The van der Waals surface area contributed by atoms with Gasteiger partial charge in [-0.1, -0.05) is 0 Å². The van der Waals surface area contributed by atoms with Crippen LogP contribution in [0.3, 0.4) is 0 Å². The summed E-state index contributed by atoms with van der Waals surface area (Å²) < 4.78 is 0. The summed E-state index contributed by atoms with van der Waals surface area (Å²) >= 11 is 0. The van der Waals surface area contributed by atoms with Crippen molar-refractivity contribution >= 4 is 11.9 Å². The average Bonchev–Trinajstić information content (AvgIpc) is 2.60. The number of hydrogen-bond acceptors (Lipinski definition) is 2. The summed E-state index contributed by atoms with van der Waals surface area (Å²) in [5, 5.41) is 11.3. The Morgan fingerprint density at radius 2 is 2.36 bits per heavy atom. The summed E-state index contributed by atoms with van der Waals surface area (Å²) in [6.45, 7) is 0. The van der Waals surface area contributed by atoms with Crippen molar-refractivity contribution in [3.8, 4) is 0 Å². The molecular formula is C7H9NO3. The number of carboxylic acid groups (broad SMARTS) is 1. The van der Waals surface area contributed by atoms with Crippen molar-refractivity contribution in [3.05, 3.63) is 0 Å². The lowest BCUT2D eigenvalue weighted by molar-refractivity contribution is -0.138. The van der Waals surface area contributed by atoms with Gasteiger partial charge in [-0.3, -0.25) is 9.59 Å². The normalized spacial score (nSPS) is 40.7. The summed E-state index contributed by atoms with van der Waals surface area (Å²) in [5.74, 6) is -0.871. The van der Waals surface area contributed by atoms with E-state index in [2.05, 4.69) is 5.32 Å². The lowest BCUT2D eigenvalue weighted by Crippen LogP contribution is -2.31. The Bertz CT molecular complexity index is 226. The molecule has 0 aromatic carbocycles. The molecule has 1 aliphatic carbocycles. The molecule has 1 saturated heterocycles. The molecule has 4 heteroatoms. The molecule has 0 aromatic rings. The molecule has 0 aromatic heterocycles. The lowest BCUT2D eigenvalue weighted by atomic mass is 10.1. The van der Waals surface area contributed by atoms with Crippen LogP contribution < -0.4 is 5.32 Å². The summed E-state index contributed by atoms with van der Waals surface area (Å²) in [7, 11) is 0. The Labute approximate surface area is 63.6 Å². The van der Waals surface area contributed by atoms with E-state index in [1.165, 1.54) is 0 Å². The molecule has 2 rings (SSSR count). The van der Waals surface area contributed by atoms with Crippen LogP contribution in [0.4, 0.5) is 0 Å². The van der Waals surface area contributed by atoms with Crippen LogP contribution in [0.5, 0.6) is 0 Å². The van der Waals surface area contributed by atoms with Crippen molar-refractivity contribution in [2.24, 2.45) is 11.8 Å². The summed E-state index contributed by atoms with van der Waals surface area (Å²) in [5.41, 5.74) is 0. The largest absolute Gasteiger partial charge is 0.481 e. The SMILES string of the molecule is O=C1CCC2C(N1)C2C(=O)O. The molecule has 1 aliphatic heterocycles. The highest BCUT2D eigenvalue weighted by molar-refractivity contribution is 5.83. The predicted molar refractivity (Wildman–Crippen MR) is 35.8 cm³/mol. The van der Waals surface area contributed by atoms with Gasteiger partial charge in [0.2, 0.25) is 5.91 Å². The number of carbonyl (C=O) groups excluding carboxylic acids is 1. The standard InChI is InChI=1S/C7H9NO3/c9-4-2-1-3-5(7(10)11)6(3)8-4/h3,5-6H,1-2H2,(H,8,9)(H,10,11). The van der Waals surface area contributed by atoms with E-state index in [9.17, 15) is 9.59 Å². The van der Waals surface area contributed by atoms with Crippen LogP contribution in [0.15, 0.2) is 0 Å². The van der Waals surface area contributed by atoms with Gasteiger partial charge in [0.05, 0.1) is 5.92 Å². The Morgan fingerprint density at radius 3 is 2.91 bits per heavy atom. The molecule has 2 aliphatic rings. The summed E-state index contributed by atoms with van der Waals surface area (Å²) in [6.07, 6.45) is 1.23. The number of amides is 1. The smallest absolute Gasteiger partial charge is 0.308 e. The zero-order valence-electron chi connectivity index (χ0n) is 5.91. The zero-order valence-corrected chi connectivity index (χ0v) is 5.91. The van der Waals surface area contributed by atoms with E-state index >= 15 is 0 Å². The number of carboxylic acids is 1. The van der Waals surface area contributed by atoms with Crippen LogP contribution in [0.2, 0.25) is 0 Å². The molecular weight excluding hydrogens is 146 g/mol. The second-order valence-corrected chi connectivity index (χ2v) is 3.16. The molecule has 4 nitrogen and oxygen atoms in total. The van der Waals surface area contributed by atoms with Crippen LogP contribution in [-0.2, 0) is 9.59 Å². The molecule has 0 bridgehead atoms. The zero-order chi connectivity index (χ0) is 8.01. The number of fused-ring (bicyclic) bond motifs is 1. The van der Waals surface area contributed by atoms with Crippen LogP contribution >= 0.6 is 0 Å². The molecule has 3 atom stereocenters. The van der Waals surface area contributed by atoms with E-state index in [1.54, 1.807) is 0 Å². The molecule has 2 fully saturated rings. The second kappa shape index (κ2) is 1.96. The van der Waals surface area contributed by atoms with Crippen molar-refractivity contribution in [3.63, 3.8) is 0 Å². The third-order valence-electron chi connectivity index (χ3n) is 2.49. The number of carbonyl (C=O) groups is 2. The van der Waals surface area contributed by atoms with Crippen molar-refractivity contribution in [1.82, 2.24) is 5.32 Å². The monoisotopic (exact) mass is 155 g/mol. The van der Waals surface area contributed by atoms with E-state index in [0.717, 1.165) is 6.42 Å². The number of nitrogens with one attached hydrogen (secondary N) is 1. The van der Waals surface area contributed by atoms with Gasteiger partial charge < -0.3 is 10.4 Å². The first-order valence-corrected chi connectivity index (χ1v) is 3.72. The maximum absolute atomic E-state index is 10.8. The molecule has 3 unspecified atom stereocenters. The van der Waals surface area contributed by atoms with E-state index in [0.29, 0.717) is 6.42 Å². The summed E-state index contributed by atoms with van der Waals surface area (Å²) in [4.78, 5) is 21.2. The third-order valence-corrected chi connectivity index (χ3v) is 2.49. The first-order valence-electron chi connectivity index (χ1n) is 3.72. The summed E-state index contributed by atoms with van der Waals surface area (Å²) in [6, 6.07) is -0.0613. The third kappa shape index (κ3) is 0.895. The maximum atomic E-state index is 10.8. The molecule has 2 N–H and O–H groups in total. The Morgan fingerprint density at radius 1 is 1.64 bits per heavy atom. The van der Waals surface area contributed by atoms with Gasteiger partial charge in [0.1, 0.15) is 0 Å². The van der Waals surface area contributed by atoms with Gasteiger partial charge in [-0.2, -0.15) is 0 Å². The van der Waals surface area contributed by atoms with Crippen molar-refractivity contribution in [2.75, 3.05) is 0 Å². The number of rotatable bonds is 1. The van der Waals surface area contributed by atoms with Crippen molar-refractivity contribution in [1.29, 1.82) is 0 Å². The van der Waals surface area contributed by atoms with E-state index in [1.807, 2.05) is 0 Å². The molecule has 60 valence electrons. The first kappa shape index (κ1) is 6.64. The van der Waals surface area contributed by atoms with E-state index in [-0.39, 0.29) is 23.8 Å². The van der Waals surface area contributed by atoms with Gasteiger partial charge in [-0.25, -0.2) is 0 Å². The molecule has 0 radical (unpaired) electrons. The highest BCUT2D eigenvalue weighted by Gasteiger charge is 2.57. The van der Waals surface area contributed by atoms with E-state index < -0.39 is 5.97 Å². The first-order chi connectivity index (χ1) is 5.20. The number of piperidine rings is 1. The Kier molecular flexibility index (Phi) is 1.19. The van der Waals surface area contributed by atoms with Crippen LogP contribution in [0, 0.1) is 11.8 Å². The van der Waals surface area contributed by atoms with Gasteiger partial charge in [0, 0.05) is 12.5 Å². The van der Waals surface area contributed by atoms with Gasteiger partial charge >= 0.3 is 5.97 Å². The minimum atomic E-state index is -0.776. The minimum absolute atomic E-state index is 0.00463. The predicted octanol–water partition coefficient (Wildman–Crippen LogP) is -0.404. The number of aliphatic carboxylic acids is 1. The van der Waals surface area contributed by atoms with Gasteiger partial charge in [0.25, 0.3) is 0 Å². The topological polar surface area (TPSA) is 66.4 Å². The Balaban J connectivity index is 2.03. The van der Waals surface area contributed by atoms with Gasteiger partial charge in [0.15, 0.2) is 0 Å². The van der Waals surface area contributed by atoms with Crippen LogP contribution in [0.25, 0.3) is 0 Å². The highest BCUT2D eigenvalue weighted by Crippen LogP contribution is 2.44. The average molecular weight is 155 g/mol. The fourth-order valence-corrected chi connectivity index (χ4v) is 1.82. The minimum Gasteiger partial charge on any atom is -0.481 e. The Hall–Kier alpha value is -1.06. The lowest BCUT2D eigenvalue weighted by Gasteiger charge is -2.07. The van der Waals surface area contributed by atoms with Crippen molar-refractivity contribution < 1.29 is 14.7 Å². The van der Waals surface area contributed by atoms with Crippen molar-refractivity contribution in [2.45, 2.75) is 18.9 Å². The van der Waals surface area contributed by atoms with E-state index in [4.69, 9.17) is 5.11 Å².